The van der Waals surface area contributed by atoms with Crippen LogP contribution < -0.4 is 4.72 Å². The Labute approximate surface area is 125 Å². The molecular formula is C12H13ClF3NO3S. The number of halogens is 4. The molecule has 0 amide bonds. The maximum Gasteiger partial charge on any atom is 0.417 e. The van der Waals surface area contributed by atoms with Crippen molar-refractivity contribution in [3.05, 3.63) is 28.8 Å². The lowest BCUT2D eigenvalue weighted by Gasteiger charge is -2.17. The van der Waals surface area contributed by atoms with Crippen molar-refractivity contribution in [2.45, 2.75) is 23.9 Å². The first-order valence-electron chi connectivity index (χ1n) is 6.08. The molecule has 0 bridgehead atoms. The molecule has 0 radical (unpaired) electrons. The van der Waals surface area contributed by atoms with Crippen LogP contribution in [-0.2, 0) is 16.2 Å². The molecule has 0 heterocycles. The van der Waals surface area contributed by atoms with Gasteiger partial charge in [0.2, 0.25) is 10.0 Å². The Balaban J connectivity index is 2.36. The van der Waals surface area contributed by atoms with Crippen molar-refractivity contribution < 1.29 is 26.7 Å². The number of aliphatic hydroxyl groups is 1. The highest BCUT2D eigenvalue weighted by molar-refractivity contribution is 7.89. The Morgan fingerprint density at radius 2 is 1.95 bits per heavy atom. The third kappa shape index (κ3) is 3.50. The predicted octanol–water partition coefficient (Wildman–Crippen LogP) is 2.41. The first-order chi connectivity index (χ1) is 9.61. The van der Waals surface area contributed by atoms with Gasteiger partial charge in [0.1, 0.15) is 4.90 Å². The Bertz CT molecular complexity index is 642. The van der Waals surface area contributed by atoms with E-state index in [0.717, 1.165) is 12.1 Å². The summed E-state index contributed by atoms with van der Waals surface area (Å²) >= 11 is 5.65. The fourth-order valence-corrected chi connectivity index (χ4v) is 3.81. The molecule has 4 nitrogen and oxygen atoms in total. The van der Waals surface area contributed by atoms with Gasteiger partial charge in [-0.1, -0.05) is 17.7 Å². The molecule has 0 saturated heterocycles. The fourth-order valence-electron chi connectivity index (χ4n) is 1.89. The molecule has 2 N–H and O–H groups in total. The Morgan fingerprint density at radius 3 is 2.43 bits per heavy atom. The van der Waals surface area contributed by atoms with E-state index >= 15 is 0 Å². The van der Waals surface area contributed by atoms with Crippen LogP contribution in [0.2, 0.25) is 5.02 Å². The van der Waals surface area contributed by atoms with E-state index in [2.05, 4.69) is 4.72 Å². The fraction of sp³-hybridized carbons (Fsp3) is 0.500. The summed E-state index contributed by atoms with van der Waals surface area (Å²) < 4.78 is 65.1. The number of sulfonamides is 1. The third-order valence-corrected chi connectivity index (χ3v) is 5.40. The van der Waals surface area contributed by atoms with Crippen LogP contribution in [0.1, 0.15) is 18.4 Å². The normalized spacial score (nSPS) is 17.8. The summed E-state index contributed by atoms with van der Waals surface area (Å²) in [7, 11) is -4.42. The topological polar surface area (TPSA) is 66.4 Å². The van der Waals surface area contributed by atoms with Gasteiger partial charge in [-0.2, -0.15) is 13.2 Å². The van der Waals surface area contributed by atoms with E-state index in [4.69, 9.17) is 16.7 Å². The maximum absolute atomic E-state index is 12.9. The molecule has 1 saturated carbocycles. The van der Waals surface area contributed by atoms with Crippen LogP contribution in [0.25, 0.3) is 0 Å². The minimum absolute atomic E-state index is 0.117. The van der Waals surface area contributed by atoms with Crippen LogP contribution >= 0.6 is 11.6 Å². The van der Waals surface area contributed by atoms with Crippen LogP contribution in [0.5, 0.6) is 0 Å². The van der Waals surface area contributed by atoms with Gasteiger partial charge in [-0.25, -0.2) is 13.1 Å². The van der Waals surface area contributed by atoms with Gasteiger partial charge >= 0.3 is 6.18 Å². The van der Waals surface area contributed by atoms with E-state index in [1.54, 1.807) is 0 Å². The quantitative estimate of drug-likeness (QED) is 0.862. The molecule has 0 aromatic heterocycles. The second kappa shape index (κ2) is 5.42. The highest BCUT2D eigenvalue weighted by Gasteiger charge is 2.44. The number of rotatable bonds is 5. The van der Waals surface area contributed by atoms with Crippen molar-refractivity contribution in [3.8, 4) is 0 Å². The van der Waals surface area contributed by atoms with Crippen molar-refractivity contribution in [3.63, 3.8) is 0 Å². The number of nitrogens with one attached hydrogen (secondary N) is 1. The number of hydrogen-bond donors (Lipinski definition) is 2. The predicted molar refractivity (Wildman–Crippen MR) is 70.4 cm³/mol. The zero-order valence-corrected chi connectivity index (χ0v) is 12.3. The second-order valence-corrected chi connectivity index (χ2v) is 7.21. The zero-order chi connectivity index (χ0) is 15.9. The summed E-state index contributed by atoms with van der Waals surface area (Å²) in [4.78, 5) is -0.979. The Morgan fingerprint density at radius 1 is 1.33 bits per heavy atom. The van der Waals surface area contributed by atoms with E-state index in [1.165, 1.54) is 0 Å². The highest BCUT2D eigenvalue weighted by Crippen LogP contribution is 2.45. The maximum atomic E-state index is 12.9. The summed E-state index contributed by atoms with van der Waals surface area (Å²) in [6.07, 6.45) is -3.58. The zero-order valence-electron chi connectivity index (χ0n) is 10.7. The molecule has 1 aliphatic rings. The van der Waals surface area contributed by atoms with Crippen LogP contribution in [-0.4, -0.2) is 26.7 Å². The molecular weight excluding hydrogens is 331 g/mol. The van der Waals surface area contributed by atoms with E-state index in [0.29, 0.717) is 18.9 Å². The SMILES string of the molecule is O=S(=O)(NCC1(CO)CC1)c1c(Cl)cccc1C(F)(F)F. The van der Waals surface area contributed by atoms with Gasteiger partial charge < -0.3 is 5.11 Å². The van der Waals surface area contributed by atoms with Crippen molar-refractivity contribution in [1.82, 2.24) is 4.72 Å². The number of alkyl halides is 3. The van der Waals surface area contributed by atoms with Gasteiger partial charge in [0.25, 0.3) is 0 Å². The molecule has 1 aliphatic carbocycles. The largest absolute Gasteiger partial charge is 0.417 e. The third-order valence-electron chi connectivity index (χ3n) is 3.47. The molecule has 21 heavy (non-hydrogen) atoms. The van der Waals surface area contributed by atoms with Crippen LogP contribution in [0.3, 0.4) is 0 Å². The number of aliphatic hydroxyl groups excluding tert-OH is 1. The minimum atomic E-state index is -4.83. The van der Waals surface area contributed by atoms with Gasteiger partial charge in [0.15, 0.2) is 0 Å². The van der Waals surface area contributed by atoms with Crippen molar-refractivity contribution >= 4 is 21.6 Å². The average molecular weight is 344 g/mol. The van der Waals surface area contributed by atoms with Crippen LogP contribution in [0, 0.1) is 5.41 Å². The minimum Gasteiger partial charge on any atom is -0.396 e. The summed E-state index contributed by atoms with van der Waals surface area (Å²) in [6, 6.07) is 2.80. The molecule has 118 valence electrons. The van der Waals surface area contributed by atoms with Gasteiger partial charge in [-0.15, -0.1) is 0 Å². The molecule has 1 aromatic rings. The smallest absolute Gasteiger partial charge is 0.396 e. The first kappa shape index (κ1) is 16.5. The van der Waals surface area contributed by atoms with Gasteiger partial charge in [0, 0.05) is 18.6 Å². The second-order valence-electron chi connectivity index (χ2n) is 5.10. The van der Waals surface area contributed by atoms with Gasteiger partial charge in [-0.05, 0) is 25.0 Å². The lowest BCUT2D eigenvalue weighted by atomic mass is 10.1. The average Bonchev–Trinajstić information content (AvgIpc) is 3.15. The molecule has 0 aliphatic heterocycles. The van der Waals surface area contributed by atoms with Crippen molar-refractivity contribution in [2.75, 3.05) is 13.2 Å². The first-order valence-corrected chi connectivity index (χ1v) is 7.94. The van der Waals surface area contributed by atoms with Crippen molar-refractivity contribution in [1.29, 1.82) is 0 Å². The molecule has 2 rings (SSSR count). The van der Waals surface area contributed by atoms with E-state index < -0.39 is 37.1 Å². The molecule has 9 heteroatoms. The monoisotopic (exact) mass is 343 g/mol. The van der Waals surface area contributed by atoms with Gasteiger partial charge in [0.05, 0.1) is 10.6 Å². The molecule has 0 spiro atoms. The summed E-state index contributed by atoms with van der Waals surface area (Å²) in [5.41, 5.74) is -1.87. The van der Waals surface area contributed by atoms with Crippen LogP contribution in [0.4, 0.5) is 13.2 Å². The standard InChI is InChI=1S/C12H13ClF3NO3S/c13-9-3-1-2-8(12(14,15)16)10(9)21(19,20)17-6-11(7-18)4-5-11/h1-3,17-18H,4-7H2. The van der Waals surface area contributed by atoms with E-state index in [1.807, 2.05) is 0 Å². The number of benzene rings is 1. The number of hydrogen-bond acceptors (Lipinski definition) is 3. The molecule has 0 unspecified atom stereocenters. The molecule has 1 aromatic carbocycles. The molecule has 1 fully saturated rings. The Kier molecular flexibility index (Phi) is 4.27. The van der Waals surface area contributed by atoms with E-state index in [-0.39, 0.29) is 13.2 Å². The van der Waals surface area contributed by atoms with E-state index in [9.17, 15) is 21.6 Å². The Hall–Kier alpha value is -0.830. The highest BCUT2D eigenvalue weighted by atomic mass is 35.5. The summed E-state index contributed by atoms with van der Waals surface area (Å²) in [5, 5.41) is 8.63. The lowest BCUT2D eigenvalue weighted by Crippen LogP contribution is -2.33. The summed E-state index contributed by atoms with van der Waals surface area (Å²) in [5.74, 6) is 0. The van der Waals surface area contributed by atoms with Crippen LogP contribution in [0.15, 0.2) is 23.1 Å². The lowest BCUT2D eigenvalue weighted by molar-refractivity contribution is -0.139. The summed E-state index contributed by atoms with van der Waals surface area (Å²) in [6.45, 7) is -0.335. The molecule has 0 atom stereocenters. The van der Waals surface area contributed by atoms with Crippen molar-refractivity contribution in [2.24, 2.45) is 5.41 Å². The van der Waals surface area contributed by atoms with Gasteiger partial charge in [-0.3, -0.25) is 0 Å².